The molecule has 100 valence electrons. The maximum Gasteiger partial charge on any atom is 0.227 e. The highest BCUT2D eigenvalue weighted by Crippen LogP contribution is 2.16. The molecule has 1 aromatic heterocycles. The van der Waals surface area contributed by atoms with Gasteiger partial charge in [-0.1, -0.05) is 17.3 Å². The monoisotopic (exact) mass is 259 g/mol. The summed E-state index contributed by atoms with van der Waals surface area (Å²) in [5.74, 6) is 2.96. The summed E-state index contributed by atoms with van der Waals surface area (Å²) in [5.41, 5.74) is 1.12. The summed E-state index contributed by atoms with van der Waals surface area (Å²) in [6.45, 7) is 2.10. The third-order valence-electron chi connectivity index (χ3n) is 3.34. The van der Waals surface area contributed by atoms with Crippen LogP contribution >= 0.6 is 0 Å². The van der Waals surface area contributed by atoms with Gasteiger partial charge in [-0.05, 0) is 36.7 Å². The summed E-state index contributed by atoms with van der Waals surface area (Å²) in [6, 6.07) is 7.92. The van der Waals surface area contributed by atoms with Crippen molar-refractivity contribution in [2.75, 3.05) is 20.2 Å². The molecule has 19 heavy (non-hydrogen) atoms. The number of methoxy groups -OCH3 is 1. The Morgan fingerprint density at radius 2 is 2.32 bits per heavy atom. The van der Waals surface area contributed by atoms with Crippen molar-refractivity contribution < 1.29 is 9.26 Å². The summed E-state index contributed by atoms with van der Waals surface area (Å²) < 4.78 is 10.5. The van der Waals surface area contributed by atoms with Crippen molar-refractivity contribution in [1.82, 2.24) is 15.5 Å². The number of hydrogen-bond acceptors (Lipinski definition) is 5. The molecular formula is C14H17N3O2. The van der Waals surface area contributed by atoms with Crippen LogP contribution in [0.2, 0.25) is 0 Å². The van der Waals surface area contributed by atoms with Crippen LogP contribution in [0.4, 0.5) is 0 Å². The normalized spacial score (nSPS) is 15.2. The standard InChI is InChI=1S/C14H17N3O2/c1-18-12-4-2-3-10(5-12)6-13-16-14(19-17-13)7-11-8-15-9-11/h2-5,11,15H,6-9H2,1H3. The van der Waals surface area contributed by atoms with Crippen molar-refractivity contribution in [3.8, 4) is 5.75 Å². The molecule has 0 radical (unpaired) electrons. The van der Waals surface area contributed by atoms with E-state index in [0.717, 1.165) is 42.5 Å². The number of nitrogens with one attached hydrogen (secondary N) is 1. The smallest absolute Gasteiger partial charge is 0.227 e. The van der Waals surface area contributed by atoms with E-state index >= 15 is 0 Å². The predicted molar refractivity (Wildman–Crippen MR) is 70.2 cm³/mol. The third-order valence-corrected chi connectivity index (χ3v) is 3.34. The molecule has 0 atom stereocenters. The number of hydrogen-bond donors (Lipinski definition) is 1. The van der Waals surface area contributed by atoms with Crippen molar-refractivity contribution in [3.05, 3.63) is 41.5 Å². The molecule has 0 aliphatic carbocycles. The molecule has 0 bridgehead atoms. The van der Waals surface area contributed by atoms with E-state index in [-0.39, 0.29) is 0 Å². The van der Waals surface area contributed by atoms with Gasteiger partial charge in [-0.3, -0.25) is 0 Å². The molecule has 0 saturated carbocycles. The molecule has 0 amide bonds. The zero-order chi connectivity index (χ0) is 13.1. The highest BCUT2D eigenvalue weighted by Gasteiger charge is 2.20. The summed E-state index contributed by atoms with van der Waals surface area (Å²) in [6.07, 6.45) is 1.54. The first-order chi connectivity index (χ1) is 9.33. The zero-order valence-electron chi connectivity index (χ0n) is 10.9. The SMILES string of the molecule is COc1cccc(Cc2noc(CC3CNC3)n2)c1. The lowest BCUT2D eigenvalue weighted by Gasteiger charge is -2.25. The largest absolute Gasteiger partial charge is 0.497 e. The Kier molecular flexibility index (Phi) is 3.46. The number of ether oxygens (including phenoxy) is 1. The van der Waals surface area contributed by atoms with Gasteiger partial charge in [0.2, 0.25) is 5.89 Å². The zero-order valence-corrected chi connectivity index (χ0v) is 10.9. The van der Waals surface area contributed by atoms with Crippen LogP contribution in [0.15, 0.2) is 28.8 Å². The number of aromatic nitrogens is 2. The molecule has 0 spiro atoms. The van der Waals surface area contributed by atoms with Crippen molar-refractivity contribution in [2.45, 2.75) is 12.8 Å². The van der Waals surface area contributed by atoms with Crippen LogP contribution in [-0.4, -0.2) is 30.3 Å². The van der Waals surface area contributed by atoms with Gasteiger partial charge in [-0.25, -0.2) is 0 Å². The highest BCUT2D eigenvalue weighted by molar-refractivity contribution is 5.30. The Morgan fingerprint density at radius 1 is 1.42 bits per heavy atom. The lowest BCUT2D eigenvalue weighted by atomic mass is 10.00. The van der Waals surface area contributed by atoms with Gasteiger partial charge in [0.15, 0.2) is 5.82 Å². The van der Waals surface area contributed by atoms with Gasteiger partial charge in [0, 0.05) is 12.8 Å². The van der Waals surface area contributed by atoms with Gasteiger partial charge in [0.05, 0.1) is 7.11 Å². The summed E-state index contributed by atoms with van der Waals surface area (Å²) in [7, 11) is 1.66. The van der Waals surface area contributed by atoms with E-state index in [2.05, 4.69) is 15.5 Å². The van der Waals surface area contributed by atoms with Crippen LogP contribution in [0.25, 0.3) is 0 Å². The minimum atomic E-state index is 0.644. The quantitative estimate of drug-likeness (QED) is 0.880. The Hall–Kier alpha value is -1.88. The van der Waals surface area contributed by atoms with Gasteiger partial charge in [-0.2, -0.15) is 4.98 Å². The Morgan fingerprint density at radius 3 is 3.05 bits per heavy atom. The highest BCUT2D eigenvalue weighted by atomic mass is 16.5. The first-order valence-corrected chi connectivity index (χ1v) is 6.48. The number of nitrogens with zero attached hydrogens (tertiary/aromatic N) is 2. The van der Waals surface area contributed by atoms with Crippen molar-refractivity contribution in [1.29, 1.82) is 0 Å². The van der Waals surface area contributed by atoms with E-state index in [1.165, 1.54) is 0 Å². The molecular weight excluding hydrogens is 242 g/mol. The third kappa shape index (κ3) is 2.93. The second-order valence-electron chi connectivity index (χ2n) is 4.86. The minimum absolute atomic E-state index is 0.644. The molecule has 1 aliphatic rings. The van der Waals surface area contributed by atoms with Gasteiger partial charge in [0.25, 0.3) is 0 Å². The van der Waals surface area contributed by atoms with E-state index in [1.807, 2.05) is 24.3 Å². The number of benzene rings is 1. The van der Waals surface area contributed by atoms with Gasteiger partial charge in [0.1, 0.15) is 5.75 Å². The first-order valence-electron chi connectivity index (χ1n) is 6.48. The molecule has 2 aromatic rings. The fourth-order valence-electron chi connectivity index (χ4n) is 2.15. The van der Waals surface area contributed by atoms with Crippen molar-refractivity contribution >= 4 is 0 Å². The van der Waals surface area contributed by atoms with E-state index in [1.54, 1.807) is 7.11 Å². The predicted octanol–water partition coefficient (Wildman–Crippen LogP) is 1.43. The topological polar surface area (TPSA) is 60.2 Å². The second kappa shape index (κ2) is 5.40. The molecule has 1 fully saturated rings. The molecule has 0 unspecified atom stereocenters. The maximum absolute atomic E-state index is 5.28. The lowest BCUT2D eigenvalue weighted by Crippen LogP contribution is -2.43. The van der Waals surface area contributed by atoms with Crippen molar-refractivity contribution in [2.24, 2.45) is 5.92 Å². The summed E-state index contributed by atoms with van der Waals surface area (Å²) >= 11 is 0. The fraction of sp³-hybridized carbons (Fsp3) is 0.429. The molecule has 2 heterocycles. The molecule has 3 rings (SSSR count). The Bertz CT molecular complexity index is 549. The maximum atomic E-state index is 5.28. The molecule has 1 aromatic carbocycles. The van der Waals surface area contributed by atoms with Crippen LogP contribution < -0.4 is 10.1 Å². The molecule has 1 saturated heterocycles. The lowest BCUT2D eigenvalue weighted by molar-refractivity contribution is 0.295. The molecule has 5 heteroatoms. The average Bonchev–Trinajstić information content (AvgIpc) is 2.82. The van der Waals surface area contributed by atoms with E-state index < -0.39 is 0 Å². The molecule has 1 N–H and O–H groups in total. The number of rotatable bonds is 5. The van der Waals surface area contributed by atoms with E-state index in [4.69, 9.17) is 9.26 Å². The van der Waals surface area contributed by atoms with Gasteiger partial charge < -0.3 is 14.6 Å². The van der Waals surface area contributed by atoms with E-state index in [0.29, 0.717) is 12.3 Å². The molecule has 5 nitrogen and oxygen atoms in total. The Labute approximate surface area is 112 Å². The Balaban J connectivity index is 1.65. The van der Waals surface area contributed by atoms with Crippen LogP contribution in [0, 0.1) is 5.92 Å². The van der Waals surface area contributed by atoms with Crippen molar-refractivity contribution in [3.63, 3.8) is 0 Å². The first kappa shape index (κ1) is 12.2. The minimum Gasteiger partial charge on any atom is -0.497 e. The van der Waals surface area contributed by atoms with E-state index in [9.17, 15) is 0 Å². The van der Waals surface area contributed by atoms with Crippen LogP contribution in [0.3, 0.4) is 0 Å². The second-order valence-corrected chi connectivity index (χ2v) is 4.86. The van der Waals surface area contributed by atoms with Crippen LogP contribution in [-0.2, 0) is 12.8 Å². The molecule has 1 aliphatic heterocycles. The van der Waals surface area contributed by atoms with Crippen LogP contribution in [0.1, 0.15) is 17.3 Å². The van der Waals surface area contributed by atoms with Gasteiger partial charge in [-0.15, -0.1) is 0 Å². The van der Waals surface area contributed by atoms with Crippen LogP contribution in [0.5, 0.6) is 5.75 Å². The summed E-state index contributed by atoms with van der Waals surface area (Å²) in [4.78, 5) is 4.44. The van der Waals surface area contributed by atoms with Gasteiger partial charge >= 0.3 is 0 Å². The average molecular weight is 259 g/mol. The fourth-order valence-corrected chi connectivity index (χ4v) is 2.15. The summed E-state index contributed by atoms with van der Waals surface area (Å²) in [5, 5.41) is 7.27.